The first-order valence-corrected chi connectivity index (χ1v) is 9.47. The van der Waals surface area contributed by atoms with E-state index in [4.69, 9.17) is 21.7 Å². The summed E-state index contributed by atoms with van der Waals surface area (Å²) in [5.41, 5.74) is 11.2. The van der Waals surface area contributed by atoms with Gasteiger partial charge in [0.15, 0.2) is 0 Å². The van der Waals surface area contributed by atoms with Gasteiger partial charge < -0.3 is 21.9 Å². The van der Waals surface area contributed by atoms with E-state index in [9.17, 15) is 18.0 Å². The van der Waals surface area contributed by atoms with Gasteiger partial charge >= 0.3 is 12.0 Å². The van der Waals surface area contributed by atoms with E-state index in [0.717, 1.165) is 0 Å². The maximum Gasteiger partial charge on any atom is 0.337 e. The number of nitrogens with two attached hydrogens (primary N) is 3. The third kappa shape index (κ3) is 9.72. The highest BCUT2D eigenvalue weighted by Gasteiger charge is 2.04. The van der Waals surface area contributed by atoms with Crippen LogP contribution in [0.25, 0.3) is 0 Å². The number of carbonyl (C=O) groups excluding carboxylic acids is 1. The van der Waals surface area contributed by atoms with Crippen molar-refractivity contribution in [2.45, 2.75) is 4.90 Å². The number of amides is 2. The predicted molar refractivity (Wildman–Crippen MR) is 109 cm³/mol. The van der Waals surface area contributed by atoms with Gasteiger partial charge in [0.1, 0.15) is 4.90 Å². The molecule has 3 heterocycles. The number of aromatic carboxylic acids is 1. The summed E-state index contributed by atoms with van der Waals surface area (Å²) < 4.78 is 21.1. The van der Waals surface area contributed by atoms with Crippen LogP contribution in [0.4, 0.5) is 16.2 Å². The number of carboxylic acids is 1. The number of hydrogen-bond acceptors (Lipinski definition) is 8. The van der Waals surface area contributed by atoms with Crippen molar-refractivity contribution < 1.29 is 23.1 Å². The number of carbonyl (C=O) groups is 2. The lowest BCUT2D eigenvalue weighted by atomic mass is 10.3. The molecule has 13 heteroatoms. The lowest BCUT2D eigenvalue weighted by Gasteiger charge is -1.97. The molecule has 0 aliphatic carbocycles. The summed E-state index contributed by atoms with van der Waals surface area (Å²) in [5, 5.41) is 15.6. The van der Waals surface area contributed by atoms with Crippen molar-refractivity contribution in [2.75, 3.05) is 11.1 Å². The number of urea groups is 1. The van der Waals surface area contributed by atoms with Crippen molar-refractivity contribution >= 4 is 33.4 Å². The molecule has 3 aromatic rings. The minimum Gasteiger partial charge on any atom is -0.478 e. The average Bonchev–Trinajstić information content (AvgIpc) is 2.69. The van der Waals surface area contributed by atoms with E-state index in [1.54, 1.807) is 18.3 Å². The van der Waals surface area contributed by atoms with Crippen LogP contribution >= 0.6 is 0 Å². The van der Waals surface area contributed by atoms with Gasteiger partial charge in [0.05, 0.1) is 23.1 Å². The molecule has 0 fully saturated rings. The Bertz CT molecular complexity index is 1060. The monoisotopic (exact) mass is 433 g/mol. The third-order valence-corrected chi connectivity index (χ3v) is 3.80. The molecular weight excluding hydrogens is 414 g/mol. The molecule has 0 aliphatic heterocycles. The fourth-order valence-corrected chi connectivity index (χ4v) is 2.15. The van der Waals surface area contributed by atoms with Crippen molar-refractivity contribution in [3.63, 3.8) is 0 Å². The van der Waals surface area contributed by atoms with Crippen LogP contribution in [0.2, 0.25) is 0 Å². The van der Waals surface area contributed by atoms with Gasteiger partial charge in [-0.05, 0) is 30.3 Å². The maximum atomic E-state index is 10.6. The third-order valence-electron chi connectivity index (χ3n) is 2.90. The number of nitrogen functional groups attached to an aromatic ring is 1. The molecule has 3 rings (SSSR count). The van der Waals surface area contributed by atoms with Crippen molar-refractivity contribution in [1.82, 2.24) is 15.0 Å². The number of nitrogens with zero attached hydrogens (tertiary/aromatic N) is 3. The zero-order valence-corrected chi connectivity index (χ0v) is 16.2. The summed E-state index contributed by atoms with van der Waals surface area (Å²) in [4.78, 5) is 31.5. The normalized spacial score (nSPS) is 9.77. The van der Waals surface area contributed by atoms with E-state index in [-0.39, 0.29) is 10.5 Å². The first-order valence-electron chi connectivity index (χ1n) is 7.92. The van der Waals surface area contributed by atoms with Gasteiger partial charge in [0, 0.05) is 31.0 Å². The molecule has 0 saturated carbocycles. The van der Waals surface area contributed by atoms with Gasteiger partial charge in [0.2, 0.25) is 10.0 Å². The number of carboxylic acid groups (broad SMARTS) is 1. The second-order valence-corrected chi connectivity index (χ2v) is 6.84. The Morgan fingerprint density at radius 1 is 0.967 bits per heavy atom. The quantitative estimate of drug-likeness (QED) is 0.391. The first-order chi connectivity index (χ1) is 14.1. The lowest BCUT2D eigenvalue weighted by Crippen LogP contribution is -2.19. The first kappa shape index (κ1) is 23.9. The summed E-state index contributed by atoms with van der Waals surface area (Å²) >= 11 is 0. The zero-order valence-electron chi connectivity index (χ0n) is 15.4. The van der Waals surface area contributed by atoms with Gasteiger partial charge in [-0.15, -0.1) is 0 Å². The molecule has 0 unspecified atom stereocenters. The van der Waals surface area contributed by atoms with Crippen LogP contribution in [-0.2, 0) is 10.0 Å². The van der Waals surface area contributed by atoms with E-state index in [1.165, 1.54) is 49.2 Å². The second kappa shape index (κ2) is 11.7. The average molecular weight is 433 g/mol. The molecule has 8 N–H and O–H groups in total. The fraction of sp³-hybridized carbons (Fsp3) is 0. The number of aromatic nitrogens is 3. The maximum absolute atomic E-state index is 10.6. The van der Waals surface area contributed by atoms with E-state index < -0.39 is 22.0 Å². The van der Waals surface area contributed by atoms with E-state index >= 15 is 0 Å². The molecule has 2 amide bonds. The smallest absolute Gasteiger partial charge is 0.337 e. The molecule has 0 spiro atoms. The molecule has 0 radical (unpaired) electrons. The molecule has 0 atom stereocenters. The summed E-state index contributed by atoms with van der Waals surface area (Å²) in [6, 6.07) is 7.11. The number of rotatable bonds is 3. The zero-order chi connectivity index (χ0) is 22.6. The van der Waals surface area contributed by atoms with Gasteiger partial charge in [-0.2, -0.15) is 0 Å². The van der Waals surface area contributed by atoms with Crippen LogP contribution in [-0.4, -0.2) is 40.5 Å². The molecule has 0 saturated heterocycles. The summed E-state index contributed by atoms with van der Waals surface area (Å²) in [7, 11) is -3.57. The minimum absolute atomic E-state index is 0.0370. The van der Waals surface area contributed by atoms with Gasteiger partial charge in [0.25, 0.3) is 0 Å². The van der Waals surface area contributed by atoms with Crippen molar-refractivity contribution in [3.8, 4) is 0 Å². The Kier molecular flexibility index (Phi) is 9.32. The number of primary amides is 1. The van der Waals surface area contributed by atoms with Crippen LogP contribution in [0.1, 0.15) is 10.4 Å². The van der Waals surface area contributed by atoms with Crippen LogP contribution in [0.5, 0.6) is 0 Å². The number of sulfonamides is 1. The number of hydrogen-bond donors (Lipinski definition) is 5. The topological polar surface area (TPSA) is 217 Å². The van der Waals surface area contributed by atoms with Gasteiger partial charge in [-0.3, -0.25) is 15.0 Å². The molecule has 0 bridgehead atoms. The Labute approximate surface area is 171 Å². The van der Waals surface area contributed by atoms with Gasteiger partial charge in [-0.25, -0.2) is 23.1 Å². The summed E-state index contributed by atoms with van der Waals surface area (Å²) in [5.74, 6) is -1.01. The highest BCUT2D eigenvalue weighted by Crippen LogP contribution is 2.03. The largest absolute Gasteiger partial charge is 0.478 e. The van der Waals surface area contributed by atoms with Crippen molar-refractivity contribution in [1.29, 1.82) is 0 Å². The molecule has 158 valence electrons. The Hall–Kier alpha value is -4.10. The highest BCUT2D eigenvalue weighted by atomic mass is 32.2. The SMILES string of the molecule is NC(=O)Nc1cccnc1.NS(=O)(=O)c1cccnc1.Nc1cncc(C(=O)O)c1. The van der Waals surface area contributed by atoms with Crippen LogP contribution < -0.4 is 21.9 Å². The van der Waals surface area contributed by atoms with Gasteiger partial charge in [-0.1, -0.05) is 0 Å². The molecule has 0 aromatic carbocycles. The Morgan fingerprint density at radius 3 is 1.97 bits per heavy atom. The fourth-order valence-electron chi connectivity index (χ4n) is 1.67. The minimum atomic E-state index is -3.57. The Morgan fingerprint density at radius 2 is 1.60 bits per heavy atom. The lowest BCUT2D eigenvalue weighted by molar-refractivity contribution is 0.0696. The molecule has 3 aromatic heterocycles. The molecular formula is C17H19N7O5S. The number of nitrogens with one attached hydrogen (secondary N) is 1. The number of primary sulfonamides is 1. The Balaban J connectivity index is 0.000000225. The molecule has 30 heavy (non-hydrogen) atoms. The molecule has 12 nitrogen and oxygen atoms in total. The van der Waals surface area contributed by atoms with E-state index in [0.29, 0.717) is 11.4 Å². The predicted octanol–water partition coefficient (Wildman–Crippen LogP) is 0.663. The standard InChI is InChI=1S/C6H7N3O.C6H6N2O2.C5H6N2O2S/c7-6(10)9-5-2-1-3-8-4-5;7-5-1-4(6(9)10)2-8-3-5;6-10(8,9)5-2-1-3-7-4-5/h1-4H,(H3,7,9,10);1-3H,7H2,(H,9,10);1-4H,(H2,6,8,9). The second-order valence-electron chi connectivity index (χ2n) is 5.28. The highest BCUT2D eigenvalue weighted by molar-refractivity contribution is 7.89. The van der Waals surface area contributed by atoms with Crippen LogP contribution in [0.15, 0.2) is 72.4 Å². The number of anilines is 2. The van der Waals surface area contributed by atoms with Crippen LogP contribution in [0, 0.1) is 0 Å². The van der Waals surface area contributed by atoms with E-state index in [2.05, 4.69) is 20.3 Å². The molecule has 0 aliphatic rings. The summed E-state index contributed by atoms with van der Waals surface area (Å²) in [6.07, 6.45) is 8.46. The number of pyridine rings is 3. The van der Waals surface area contributed by atoms with E-state index in [1.807, 2.05) is 0 Å². The van der Waals surface area contributed by atoms with Crippen LogP contribution in [0.3, 0.4) is 0 Å². The summed E-state index contributed by atoms with van der Waals surface area (Å²) in [6.45, 7) is 0. The van der Waals surface area contributed by atoms with Crippen molar-refractivity contribution in [2.24, 2.45) is 10.9 Å². The van der Waals surface area contributed by atoms with Crippen molar-refractivity contribution in [3.05, 3.63) is 73.1 Å².